The predicted molar refractivity (Wildman–Crippen MR) is 65.5 cm³/mol. The van der Waals surface area contributed by atoms with Gasteiger partial charge in [0, 0.05) is 18.7 Å². The molecule has 0 radical (unpaired) electrons. The third-order valence-corrected chi connectivity index (χ3v) is 2.39. The van der Waals surface area contributed by atoms with Gasteiger partial charge in [-0.05, 0) is 17.7 Å². The van der Waals surface area contributed by atoms with Crippen LogP contribution in [0.2, 0.25) is 0 Å². The number of nitrogens with zero attached hydrogens (tertiary/aromatic N) is 1. The maximum atomic E-state index is 11.8. The Morgan fingerprint density at radius 3 is 2.33 bits per heavy atom. The Kier molecular flexibility index (Phi) is 5.47. The lowest BCUT2D eigenvalue weighted by atomic mass is 10.1. The second-order valence-electron chi connectivity index (χ2n) is 4.04. The van der Waals surface area contributed by atoms with Crippen LogP contribution in [0.3, 0.4) is 0 Å². The van der Waals surface area contributed by atoms with Gasteiger partial charge in [-0.2, -0.15) is 13.2 Å². The van der Waals surface area contributed by atoms with Crippen molar-refractivity contribution in [3.05, 3.63) is 39.9 Å². The van der Waals surface area contributed by atoms with E-state index in [-0.39, 0.29) is 17.8 Å². The SMILES string of the molecule is O=C(NCC(O)c1ccc([N+](=O)[O-])cc1)NCC(F)(F)F. The van der Waals surface area contributed by atoms with E-state index in [2.05, 4.69) is 5.32 Å². The van der Waals surface area contributed by atoms with Gasteiger partial charge in [0.25, 0.3) is 5.69 Å². The number of non-ortho nitro benzene ring substituents is 1. The number of carbonyl (C=O) groups is 1. The molecule has 116 valence electrons. The number of halogens is 3. The predicted octanol–water partition coefficient (Wildman–Crippen LogP) is 1.49. The van der Waals surface area contributed by atoms with Crippen molar-refractivity contribution in [3.8, 4) is 0 Å². The fourth-order valence-electron chi connectivity index (χ4n) is 1.37. The van der Waals surface area contributed by atoms with E-state index in [1.807, 2.05) is 0 Å². The smallest absolute Gasteiger partial charge is 0.387 e. The highest BCUT2D eigenvalue weighted by atomic mass is 19.4. The minimum absolute atomic E-state index is 0.165. The Morgan fingerprint density at radius 2 is 1.86 bits per heavy atom. The molecule has 1 aromatic carbocycles. The zero-order valence-corrected chi connectivity index (χ0v) is 10.6. The van der Waals surface area contributed by atoms with Crippen molar-refractivity contribution in [1.29, 1.82) is 0 Å². The average Bonchev–Trinajstić information content (AvgIpc) is 2.41. The molecule has 7 nitrogen and oxygen atoms in total. The summed E-state index contributed by atoms with van der Waals surface area (Å²) in [5.41, 5.74) is 0.124. The number of aliphatic hydroxyl groups excluding tert-OH is 1. The van der Waals surface area contributed by atoms with E-state index in [0.717, 1.165) is 0 Å². The molecule has 0 saturated carbocycles. The van der Waals surface area contributed by atoms with Crippen LogP contribution in [0.15, 0.2) is 24.3 Å². The minimum atomic E-state index is -4.52. The Labute approximate surface area is 116 Å². The van der Waals surface area contributed by atoms with Crippen molar-refractivity contribution in [2.45, 2.75) is 12.3 Å². The minimum Gasteiger partial charge on any atom is -0.387 e. The molecule has 0 aliphatic rings. The van der Waals surface area contributed by atoms with Crippen LogP contribution in [0, 0.1) is 10.1 Å². The van der Waals surface area contributed by atoms with E-state index in [4.69, 9.17) is 0 Å². The van der Waals surface area contributed by atoms with E-state index >= 15 is 0 Å². The maximum Gasteiger partial charge on any atom is 0.405 e. The summed E-state index contributed by atoms with van der Waals surface area (Å²) in [7, 11) is 0. The number of alkyl halides is 3. The van der Waals surface area contributed by atoms with Gasteiger partial charge in [-0.15, -0.1) is 0 Å². The van der Waals surface area contributed by atoms with Gasteiger partial charge >= 0.3 is 12.2 Å². The van der Waals surface area contributed by atoms with Crippen LogP contribution in [0.1, 0.15) is 11.7 Å². The van der Waals surface area contributed by atoms with Crippen molar-refractivity contribution >= 4 is 11.7 Å². The van der Waals surface area contributed by atoms with Crippen LogP contribution in [-0.2, 0) is 0 Å². The van der Waals surface area contributed by atoms with Crippen molar-refractivity contribution in [3.63, 3.8) is 0 Å². The van der Waals surface area contributed by atoms with Gasteiger partial charge in [-0.1, -0.05) is 0 Å². The zero-order chi connectivity index (χ0) is 16.0. The molecule has 1 aromatic rings. The normalized spacial score (nSPS) is 12.6. The Morgan fingerprint density at radius 1 is 1.29 bits per heavy atom. The number of carbonyl (C=O) groups excluding carboxylic acids is 1. The Hall–Kier alpha value is -2.36. The van der Waals surface area contributed by atoms with Crippen LogP contribution >= 0.6 is 0 Å². The average molecular weight is 307 g/mol. The molecule has 0 bridgehead atoms. The molecule has 1 atom stereocenters. The van der Waals surface area contributed by atoms with Crippen molar-refractivity contribution in [2.75, 3.05) is 13.1 Å². The van der Waals surface area contributed by atoms with Gasteiger partial charge in [-0.25, -0.2) is 4.79 Å². The molecule has 1 unspecified atom stereocenters. The first-order chi connectivity index (χ1) is 9.69. The maximum absolute atomic E-state index is 11.8. The number of hydrogen-bond donors (Lipinski definition) is 3. The van der Waals surface area contributed by atoms with E-state index < -0.39 is 29.8 Å². The van der Waals surface area contributed by atoms with E-state index in [9.17, 15) is 33.2 Å². The first-order valence-electron chi connectivity index (χ1n) is 5.70. The number of aliphatic hydroxyl groups is 1. The molecule has 0 spiro atoms. The summed E-state index contributed by atoms with van der Waals surface area (Å²) < 4.78 is 35.5. The molecule has 0 heterocycles. The summed E-state index contributed by atoms with van der Waals surface area (Å²) in [6.45, 7) is -1.81. The lowest BCUT2D eigenvalue weighted by Crippen LogP contribution is -2.42. The van der Waals surface area contributed by atoms with Crippen LogP contribution < -0.4 is 10.6 Å². The van der Waals surface area contributed by atoms with Gasteiger partial charge in [0.1, 0.15) is 6.54 Å². The molecule has 1 rings (SSSR count). The number of hydrogen-bond acceptors (Lipinski definition) is 4. The first-order valence-corrected chi connectivity index (χ1v) is 5.70. The van der Waals surface area contributed by atoms with E-state index in [1.54, 1.807) is 5.32 Å². The summed E-state index contributed by atoms with van der Waals surface area (Å²) in [5, 5.41) is 23.8. The lowest BCUT2D eigenvalue weighted by molar-refractivity contribution is -0.384. The first kappa shape index (κ1) is 16.7. The highest BCUT2D eigenvalue weighted by Crippen LogP contribution is 2.17. The highest BCUT2D eigenvalue weighted by molar-refractivity contribution is 5.73. The third kappa shape index (κ3) is 6.08. The largest absolute Gasteiger partial charge is 0.405 e. The molecule has 3 N–H and O–H groups in total. The van der Waals surface area contributed by atoms with Crippen molar-refractivity contribution < 1.29 is 28.0 Å². The van der Waals surface area contributed by atoms with Gasteiger partial charge in [-0.3, -0.25) is 10.1 Å². The van der Waals surface area contributed by atoms with Gasteiger partial charge in [0.15, 0.2) is 0 Å². The molecule has 21 heavy (non-hydrogen) atoms. The highest BCUT2D eigenvalue weighted by Gasteiger charge is 2.27. The quantitative estimate of drug-likeness (QED) is 0.566. The van der Waals surface area contributed by atoms with E-state index in [0.29, 0.717) is 0 Å². The molecular formula is C11H12F3N3O4. The zero-order valence-electron chi connectivity index (χ0n) is 10.6. The lowest BCUT2D eigenvalue weighted by Gasteiger charge is -2.13. The third-order valence-electron chi connectivity index (χ3n) is 2.39. The summed E-state index contributed by atoms with van der Waals surface area (Å²) in [6.07, 6.45) is -5.71. The molecule has 0 aromatic heterocycles. The fraction of sp³-hybridized carbons (Fsp3) is 0.364. The summed E-state index contributed by atoms with van der Waals surface area (Å²) in [5.74, 6) is 0. The van der Waals surface area contributed by atoms with Gasteiger partial charge in [0.05, 0.1) is 11.0 Å². The molecule has 2 amide bonds. The summed E-state index contributed by atoms with van der Waals surface area (Å²) >= 11 is 0. The number of urea groups is 1. The fourth-order valence-corrected chi connectivity index (χ4v) is 1.37. The van der Waals surface area contributed by atoms with Crippen LogP contribution in [0.4, 0.5) is 23.7 Å². The van der Waals surface area contributed by atoms with Crippen LogP contribution in [0.5, 0.6) is 0 Å². The molecule has 0 aliphatic carbocycles. The van der Waals surface area contributed by atoms with Crippen molar-refractivity contribution in [2.24, 2.45) is 0 Å². The summed E-state index contributed by atoms with van der Waals surface area (Å²) in [6, 6.07) is 3.84. The van der Waals surface area contributed by atoms with Crippen molar-refractivity contribution in [1.82, 2.24) is 10.6 Å². The second-order valence-corrected chi connectivity index (χ2v) is 4.04. The Bertz CT molecular complexity index is 504. The standard InChI is InChI=1S/C11H12F3N3O4/c12-11(13,14)6-16-10(19)15-5-9(18)7-1-3-8(4-2-7)17(20)21/h1-4,9,18H,5-6H2,(H2,15,16,19). The molecule has 0 saturated heterocycles. The molecule has 10 heteroatoms. The van der Waals surface area contributed by atoms with E-state index in [1.165, 1.54) is 24.3 Å². The van der Waals surface area contributed by atoms with Gasteiger partial charge in [0.2, 0.25) is 0 Å². The monoisotopic (exact) mass is 307 g/mol. The van der Waals surface area contributed by atoms with Gasteiger partial charge < -0.3 is 15.7 Å². The number of nitrogens with one attached hydrogen (secondary N) is 2. The Balaban J connectivity index is 2.44. The number of nitro groups is 1. The second kappa shape index (κ2) is 6.88. The number of rotatable bonds is 5. The molecule has 0 fully saturated rings. The molecular weight excluding hydrogens is 295 g/mol. The number of nitro benzene ring substituents is 1. The number of amides is 2. The van der Waals surface area contributed by atoms with Crippen LogP contribution in [-0.4, -0.2) is 35.3 Å². The topological polar surface area (TPSA) is 104 Å². The summed E-state index contributed by atoms with van der Waals surface area (Å²) in [4.78, 5) is 20.9. The molecule has 0 aliphatic heterocycles. The van der Waals surface area contributed by atoms with Crippen LogP contribution in [0.25, 0.3) is 0 Å². The number of benzene rings is 1.